The summed E-state index contributed by atoms with van der Waals surface area (Å²) in [5, 5.41) is 1.72. The highest BCUT2D eigenvalue weighted by molar-refractivity contribution is 7.24. The molecule has 19 heavy (non-hydrogen) atoms. The highest BCUT2D eigenvalue weighted by Crippen LogP contribution is 2.27. The molecule has 3 aromatic rings. The van der Waals surface area contributed by atoms with Gasteiger partial charge in [0.15, 0.2) is 11.2 Å². The van der Waals surface area contributed by atoms with E-state index in [4.69, 9.17) is 11.6 Å². The van der Waals surface area contributed by atoms with Crippen molar-refractivity contribution in [2.24, 2.45) is 0 Å². The molecule has 2 nitrogen and oxygen atoms in total. The third kappa shape index (κ3) is 2.05. The van der Waals surface area contributed by atoms with Crippen molar-refractivity contribution >= 4 is 48.9 Å². The minimum atomic E-state index is -0.0747. The van der Waals surface area contributed by atoms with Gasteiger partial charge in [-0.1, -0.05) is 11.6 Å². The van der Waals surface area contributed by atoms with Crippen LogP contribution in [0.1, 0.15) is 17.3 Å². The van der Waals surface area contributed by atoms with Crippen LogP contribution in [0.4, 0.5) is 0 Å². The molecular formula is C15H9ClO2S. The molecule has 2 aromatic carbocycles. The molecule has 0 aliphatic heterocycles. The molecular weight excluding hydrogens is 280 g/mol. The van der Waals surface area contributed by atoms with E-state index in [9.17, 15) is 9.59 Å². The van der Waals surface area contributed by atoms with Crippen LogP contribution in [-0.2, 0) is 0 Å². The lowest BCUT2D eigenvalue weighted by atomic mass is 10.1. The number of carbonyl (C=O) groups is 1. The minimum Gasteiger partial charge on any atom is -0.295 e. The summed E-state index contributed by atoms with van der Waals surface area (Å²) in [6.07, 6.45) is 0. The van der Waals surface area contributed by atoms with Crippen LogP contribution in [-0.4, -0.2) is 5.78 Å². The molecule has 0 spiro atoms. The summed E-state index contributed by atoms with van der Waals surface area (Å²) in [6.45, 7) is 1.49. The van der Waals surface area contributed by atoms with Crippen molar-refractivity contribution in [1.29, 1.82) is 0 Å². The average molecular weight is 289 g/mol. The second-order valence-electron chi connectivity index (χ2n) is 4.34. The molecule has 1 aromatic heterocycles. The maximum atomic E-state index is 12.5. The molecule has 4 heteroatoms. The van der Waals surface area contributed by atoms with Gasteiger partial charge in [-0.3, -0.25) is 9.59 Å². The lowest BCUT2D eigenvalue weighted by Gasteiger charge is -2.03. The number of hydrogen-bond donors (Lipinski definition) is 0. The largest absolute Gasteiger partial charge is 0.295 e. The second kappa shape index (κ2) is 4.44. The van der Waals surface area contributed by atoms with Crippen molar-refractivity contribution in [3.8, 4) is 0 Å². The number of hydrogen-bond acceptors (Lipinski definition) is 3. The van der Waals surface area contributed by atoms with Gasteiger partial charge in [-0.2, -0.15) is 0 Å². The SMILES string of the molecule is CC(=O)c1ccc2sc3ccc(Cl)cc3c(=O)c2c1. The zero-order chi connectivity index (χ0) is 13.6. The minimum absolute atomic E-state index is 0.0440. The Labute approximate surface area is 118 Å². The molecule has 0 bridgehead atoms. The van der Waals surface area contributed by atoms with Crippen LogP contribution in [0.25, 0.3) is 20.2 Å². The molecule has 0 saturated heterocycles. The molecule has 94 valence electrons. The van der Waals surface area contributed by atoms with Crippen LogP contribution in [0, 0.1) is 0 Å². The first kappa shape index (κ1) is 12.3. The van der Waals surface area contributed by atoms with E-state index >= 15 is 0 Å². The molecule has 0 amide bonds. The van der Waals surface area contributed by atoms with Crippen LogP contribution >= 0.6 is 22.9 Å². The summed E-state index contributed by atoms with van der Waals surface area (Å²) in [7, 11) is 0. The van der Waals surface area contributed by atoms with Crippen molar-refractivity contribution in [2.75, 3.05) is 0 Å². The number of fused-ring (bicyclic) bond motifs is 2. The molecule has 0 fully saturated rings. The first-order valence-electron chi connectivity index (χ1n) is 5.73. The zero-order valence-electron chi connectivity index (χ0n) is 10.1. The molecule has 3 rings (SSSR count). The van der Waals surface area contributed by atoms with Crippen molar-refractivity contribution in [3.63, 3.8) is 0 Å². The van der Waals surface area contributed by atoms with Crippen LogP contribution < -0.4 is 5.43 Å². The number of halogens is 1. The van der Waals surface area contributed by atoms with Crippen LogP contribution in [0.2, 0.25) is 5.02 Å². The Morgan fingerprint density at radius 3 is 2.37 bits per heavy atom. The van der Waals surface area contributed by atoms with Gasteiger partial charge in [0.25, 0.3) is 0 Å². The number of Topliss-reactive ketones (excluding diaryl/α,β-unsaturated/α-hetero) is 1. The Morgan fingerprint density at radius 2 is 1.68 bits per heavy atom. The predicted octanol–water partition coefficient (Wildman–Crippen LogP) is 4.27. The molecule has 0 N–H and O–H groups in total. The summed E-state index contributed by atoms with van der Waals surface area (Å²) in [5.74, 6) is -0.0440. The van der Waals surface area contributed by atoms with Crippen LogP contribution in [0.5, 0.6) is 0 Å². The Morgan fingerprint density at radius 1 is 1.05 bits per heavy atom. The van der Waals surface area contributed by atoms with Crippen LogP contribution in [0.3, 0.4) is 0 Å². The maximum absolute atomic E-state index is 12.5. The van der Waals surface area contributed by atoms with E-state index in [2.05, 4.69) is 0 Å². The van der Waals surface area contributed by atoms with Crippen molar-refractivity contribution in [3.05, 3.63) is 57.2 Å². The maximum Gasteiger partial charge on any atom is 0.195 e. The molecule has 0 saturated carbocycles. The van der Waals surface area contributed by atoms with Gasteiger partial charge in [-0.05, 0) is 43.3 Å². The van der Waals surface area contributed by atoms with Crippen molar-refractivity contribution in [1.82, 2.24) is 0 Å². The number of rotatable bonds is 1. The monoisotopic (exact) mass is 288 g/mol. The molecule has 0 radical (unpaired) electrons. The zero-order valence-corrected chi connectivity index (χ0v) is 11.6. The Kier molecular flexibility index (Phi) is 2.88. The van der Waals surface area contributed by atoms with Crippen LogP contribution in [0.15, 0.2) is 41.2 Å². The summed E-state index contributed by atoms with van der Waals surface area (Å²) < 4.78 is 1.78. The molecule has 0 aliphatic carbocycles. The van der Waals surface area contributed by atoms with Gasteiger partial charge in [0.05, 0.1) is 0 Å². The fourth-order valence-corrected chi connectivity index (χ4v) is 3.25. The van der Waals surface area contributed by atoms with E-state index in [0.717, 1.165) is 9.40 Å². The van der Waals surface area contributed by atoms with Gasteiger partial charge in [0, 0.05) is 30.8 Å². The summed E-state index contributed by atoms with van der Waals surface area (Å²) in [5.41, 5.74) is 0.479. The standard InChI is InChI=1S/C15H9ClO2S/c1-8(17)9-2-4-13-11(6-9)15(18)12-7-10(16)3-5-14(12)19-13/h2-7H,1H3. The Bertz CT molecular complexity index is 880. The van der Waals surface area contributed by atoms with Gasteiger partial charge in [-0.25, -0.2) is 0 Å². The summed E-state index contributed by atoms with van der Waals surface area (Å²) in [4.78, 5) is 23.9. The predicted molar refractivity (Wildman–Crippen MR) is 80.6 cm³/mol. The Balaban J connectivity index is 2.48. The smallest absolute Gasteiger partial charge is 0.195 e. The van der Waals surface area contributed by atoms with Gasteiger partial charge < -0.3 is 0 Å². The number of benzene rings is 2. The molecule has 0 unspecified atom stereocenters. The van der Waals surface area contributed by atoms with E-state index in [1.165, 1.54) is 18.3 Å². The molecule has 0 aliphatic rings. The average Bonchev–Trinajstić information content (AvgIpc) is 2.39. The summed E-state index contributed by atoms with van der Waals surface area (Å²) >= 11 is 7.46. The fourth-order valence-electron chi connectivity index (χ4n) is 2.05. The van der Waals surface area contributed by atoms with Gasteiger partial charge in [-0.15, -0.1) is 11.3 Å². The van der Waals surface area contributed by atoms with E-state index in [1.54, 1.807) is 24.3 Å². The van der Waals surface area contributed by atoms with Crippen molar-refractivity contribution < 1.29 is 4.79 Å². The van der Waals surface area contributed by atoms with Gasteiger partial charge in [0.1, 0.15) is 0 Å². The highest BCUT2D eigenvalue weighted by Gasteiger charge is 2.08. The van der Waals surface area contributed by atoms with Gasteiger partial charge in [0.2, 0.25) is 0 Å². The fraction of sp³-hybridized carbons (Fsp3) is 0.0667. The van der Waals surface area contributed by atoms with Crippen molar-refractivity contribution in [2.45, 2.75) is 6.92 Å². The first-order valence-corrected chi connectivity index (χ1v) is 6.93. The quantitative estimate of drug-likeness (QED) is 0.495. The topological polar surface area (TPSA) is 34.1 Å². The number of ketones is 1. The van der Waals surface area contributed by atoms with E-state index in [1.807, 2.05) is 12.1 Å². The van der Waals surface area contributed by atoms with E-state index in [0.29, 0.717) is 21.4 Å². The first-order chi connectivity index (χ1) is 9.06. The second-order valence-corrected chi connectivity index (χ2v) is 5.86. The normalized spacial score (nSPS) is 11.1. The van der Waals surface area contributed by atoms with Gasteiger partial charge >= 0.3 is 0 Å². The Hall–Kier alpha value is -1.71. The third-order valence-electron chi connectivity index (χ3n) is 3.04. The lowest BCUT2D eigenvalue weighted by Crippen LogP contribution is -2.02. The van der Waals surface area contributed by atoms with E-state index in [-0.39, 0.29) is 11.2 Å². The molecule has 1 heterocycles. The highest BCUT2D eigenvalue weighted by atomic mass is 35.5. The third-order valence-corrected chi connectivity index (χ3v) is 4.42. The lowest BCUT2D eigenvalue weighted by molar-refractivity contribution is 0.101. The molecule has 0 atom stereocenters. The van der Waals surface area contributed by atoms with E-state index < -0.39 is 0 Å². The number of carbonyl (C=O) groups excluding carboxylic acids is 1. The summed E-state index contributed by atoms with van der Waals surface area (Å²) in [6, 6.07) is 10.5.